The van der Waals surface area contributed by atoms with E-state index in [4.69, 9.17) is 33.0 Å². The number of anilines is 1. The first-order chi connectivity index (χ1) is 15.4. The van der Waals surface area contributed by atoms with Crippen molar-refractivity contribution in [2.75, 3.05) is 5.32 Å². The van der Waals surface area contributed by atoms with Gasteiger partial charge in [0.05, 0.1) is 28.8 Å². The molecule has 4 aromatic rings. The third-order valence-corrected chi connectivity index (χ3v) is 5.25. The number of benzene rings is 3. The van der Waals surface area contributed by atoms with Crippen LogP contribution in [0.2, 0.25) is 10.0 Å². The quantitative estimate of drug-likeness (QED) is 0.393. The van der Waals surface area contributed by atoms with E-state index in [9.17, 15) is 9.59 Å². The van der Waals surface area contributed by atoms with E-state index < -0.39 is 6.09 Å². The minimum Gasteiger partial charge on any atom is -0.487 e. The topological polar surface area (TPSA) is 93.5 Å². The highest BCUT2D eigenvalue weighted by Gasteiger charge is 2.08. The first-order valence-corrected chi connectivity index (χ1v) is 10.3. The third-order valence-electron chi connectivity index (χ3n) is 4.71. The Morgan fingerprint density at radius 3 is 2.69 bits per heavy atom. The Hall–Kier alpha value is -3.55. The molecule has 0 radical (unpaired) electrons. The number of hydrogen-bond acceptors (Lipinski definition) is 4. The van der Waals surface area contributed by atoms with Gasteiger partial charge in [-0.3, -0.25) is 14.7 Å². The number of nitrogens with one attached hydrogen (secondary N) is 1. The number of carbonyl (C=O) groups is 1. The first kappa shape index (κ1) is 21.7. The molecule has 0 aliphatic heterocycles. The molecule has 9 heteroatoms. The van der Waals surface area contributed by atoms with Crippen molar-refractivity contribution in [3.05, 3.63) is 98.5 Å². The van der Waals surface area contributed by atoms with Crippen molar-refractivity contribution >= 4 is 45.9 Å². The standard InChI is InChI=1S/C23H17Cl2N3O4/c24-16-4-6-19(25)21(9-16)32-12-15-3-1-2-14(8-15)11-28-13-26-20-7-5-17(27-23(30)31)10-18(20)22(28)29/h1-10,13,27H,11-12H2,(H,30,31). The summed E-state index contributed by atoms with van der Waals surface area (Å²) >= 11 is 12.1. The molecule has 0 aliphatic carbocycles. The van der Waals surface area contributed by atoms with E-state index in [1.54, 1.807) is 30.3 Å². The van der Waals surface area contributed by atoms with Crippen molar-refractivity contribution in [2.24, 2.45) is 0 Å². The molecule has 0 aliphatic rings. The second-order valence-electron chi connectivity index (χ2n) is 7.02. The van der Waals surface area contributed by atoms with Gasteiger partial charge in [-0.05, 0) is 41.5 Å². The van der Waals surface area contributed by atoms with Crippen LogP contribution in [0, 0.1) is 0 Å². The molecule has 1 amide bonds. The summed E-state index contributed by atoms with van der Waals surface area (Å²) < 4.78 is 7.26. The van der Waals surface area contributed by atoms with E-state index in [0.717, 1.165) is 11.1 Å². The van der Waals surface area contributed by atoms with Crippen LogP contribution >= 0.6 is 23.2 Å². The van der Waals surface area contributed by atoms with E-state index in [1.165, 1.54) is 17.0 Å². The van der Waals surface area contributed by atoms with Crippen molar-refractivity contribution in [1.29, 1.82) is 0 Å². The molecule has 0 unspecified atom stereocenters. The van der Waals surface area contributed by atoms with Crippen LogP contribution in [0.15, 0.2) is 71.8 Å². The molecule has 1 heterocycles. The van der Waals surface area contributed by atoms with Gasteiger partial charge in [-0.15, -0.1) is 0 Å². The summed E-state index contributed by atoms with van der Waals surface area (Å²) in [5.41, 5.74) is 2.30. The minimum absolute atomic E-state index is 0.267. The Kier molecular flexibility index (Phi) is 6.30. The molecule has 0 atom stereocenters. The third kappa shape index (κ3) is 5.01. The molecular weight excluding hydrogens is 453 g/mol. The van der Waals surface area contributed by atoms with Crippen LogP contribution in [0.1, 0.15) is 11.1 Å². The molecule has 0 bridgehead atoms. The van der Waals surface area contributed by atoms with Gasteiger partial charge in [-0.1, -0.05) is 47.5 Å². The van der Waals surface area contributed by atoms with Crippen LogP contribution in [0.25, 0.3) is 10.9 Å². The number of fused-ring (bicyclic) bond motifs is 1. The predicted molar refractivity (Wildman–Crippen MR) is 124 cm³/mol. The predicted octanol–water partition coefficient (Wildman–Crippen LogP) is 5.42. The number of nitrogens with zero attached hydrogens (tertiary/aromatic N) is 2. The molecule has 0 saturated heterocycles. The normalized spacial score (nSPS) is 10.8. The SMILES string of the molecule is O=C(O)Nc1ccc2ncn(Cc3cccc(COc4cc(Cl)ccc4Cl)c3)c(=O)c2c1. The van der Waals surface area contributed by atoms with E-state index in [1.807, 2.05) is 24.3 Å². The summed E-state index contributed by atoms with van der Waals surface area (Å²) in [6, 6.07) is 17.3. The van der Waals surface area contributed by atoms with Crippen LogP contribution in [0.4, 0.5) is 10.5 Å². The smallest absolute Gasteiger partial charge is 0.409 e. The second-order valence-corrected chi connectivity index (χ2v) is 7.87. The van der Waals surface area contributed by atoms with Crippen LogP contribution < -0.4 is 15.6 Å². The van der Waals surface area contributed by atoms with Crippen LogP contribution in [-0.4, -0.2) is 20.8 Å². The number of hydrogen-bond donors (Lipinski definition) is 2. The fraction of sp³-hybridized carbons (Fsp3) is 0.0870. The first-order valence-electron chi connectivity index (χ1n) is 9.54. The lowest BCUT2D eigenvalue weighted by molar-refractivity contribution is 0.210. The molecule has 1 aromatic heterocycles. The van der Waals surface area contributed by atoms with Crippen molar-refractivity contribution < 1.29 is 14.6 Å². The zero-order valence-corrected chi connectivity index (χ0v) is 18.1. The van der Waals surface area contributed by atoms with Crippen molar-refractivity contribution in [2.45, 2.75) is 13.2 Å². The summed E-state index contributed by atoms with van der Waals surface area (Å²) in [7, 11) is 0. The second kappa shape index (κ2) is 9.30. The molecule has 4 rings (SSSR count). The molecular formula is C23H17Cl2N3O4. The maximum atomic E-state index is 12.9. The molecule has 2 N–H and O–H groups in total. The van der Waals surface area contributed by atoms with Crippen molar-refractivity contribution in [3.8, 4) is 5.75 Å². The lowest BCUT2D eigenvalue weighted by atomic mass is 10.1. The van der Waals surface area contributed by atoms with Gasteiger partial charge in [0.1, 0.15) is 12.4 Å². The van der Waals surface area contributed by atoms with Gasteiger partial charge in [0.25, 0.3) is 5.56 Å². The van der Waals surface area contributed by atoms with E-state index in [2.05, 4.69) is 10.3 Å². The molecule has 0 fully saturated rings. The number of halogens is 2. The van der Waals surface area contributed by atoms with Crippen molar-refractivity contribution in [1.82, 2.24) is 9.55 Å². The van der Waals surface area contributed by atoms with Gasteiger partial charge in [-0.2, -0.15) is 0 Å². The largest absolute Gasteiger partial charge is 0.487 e. The molecule has 32 heavy (non-hydrogen) atoms. The lowest BCUT2D eigenvalue weighted by Crippen LogP contribution is -2.21. The van der Waals surface area contributed by atoms with Gasteiger partial charge in [-0.25, -0.2) is 9.78 Å². The van der Waals surface area contributed by atoms with Crippen LogP contribution in [-0.2, 0) is 13.2 Å². The Labute approximate surface area is 192 Å². The van der Waals surface area contributed by atoms with Gasteiger partial charge >= 0.3 is 6.09 Å². The number of ether oxygens (including phenoxy) is 1. The zero-order valence-electron chi connectivity index (χ0n) is 16.6. The zero-order chi connectivity index (χ0) is 22.7. The Morgan fingerprint density at radius 1 is 1.06 bits per heavy atom. The summed E-state index contributed by atoms with van der Waals surface area (Å²) in [4.78, 5) is 28.1. The lowest BCUT2D eigenvalue weighted by Gasteiger charge is -2.11. The van der Waals surface area contributed by atoms with Gasteiger partial charge < -0.3 is 9.84 Å². The highest BCUT2D eigenvalue weighted by Crippen LogP contribution is 2.28. The summed E-state index contributed by atoms with van der Waals surface area (Å²) in [6.07, 6.45) is 0.274. The molecule has 0 spiro atoms. The van der Waals surface area contributed by atoms with Crippen LogP contribution in [0.5, 0.6) is 5.75 Å². The maximum Gasteiger partial charge on any atom is 0.409 e. The van der Waals surface area contributed by atoms with Crippen molar-refractivity contribution in [3.63, 3.8) is 0 Å². The molecule has 7 nitrogen and oxygen atoms in total. The number of amides is 1. The maximum absolute atomic E-state index is 12.9. The summed E-state index contributed by atoms with van der Waals surface area (Å²) in [5, 5.41) is 12.5. The minimum atomic E-state index is -1.20. The molecule has 3 aromatic carbocycles. The highest BCUT2D eigenvalue weighted by molar-refractivity contribution is 6.34. The fourth-order valence-corrected chi connectivity index (χ4v) is 3.57. The number of carboxylic acid groups (broad SMARTS) is 1. The van der Waals surface area contributed by atoms with Gasteiger partial charge in [0, 0.05) is 16.8 Å². The fourth-order valence-electron chi connectivity index (χ4n) is 3.24. The summed E-state index contributed by atoms with van der Waals surface area (Å²) in [6.45, 7) is 0.576. The average molecular weight is 470 g/mol. The van der Waals surface area contributed by atoms with E-state index >= 15 is 0 Å². The van der Waals surface area contributed by atoms with E-state index in [0.29, 0.717) is 38.9 Å². The number of rotatable bonds is 6. The highest BCUT2D eigenvalue weighted by atomic mass is 35.5. The monoisotopic (exact) mass is 469 g/mol. The Morgan fingerprint density at radius 2 is 1.88 bits per heavy atom. The average Bonchev–Trinajstić information content (AvgIpc) is 2.76. The number of aromatic nitrogens is 2. The molecule has 0 saturated carbocycles. The summed E-state index contributed by atoms with van der Waals surface area (Å²) in [5.74, 6) is 0.491. The Bertz CT molecular complexity index is 1370. The van der Waals surface area contributed by atoms with Gasteiger partial charge in [0.2, 0.25) is 0 Å². The van der Waals surface area contributed by atoms with Crippen LogP contribution in [0.3, 0.4) is 0 Å². The van der Waals surface area contributed by atoms with Gasteiger partial charge in [0.15, 0.2) is 0 Å². The molecule has 162 valence electrons. The van der Waals surface area contributed by atoms with E-state index in [-0.39, 0.29) is 12.2 Å². The Balaban J connectivity index is 1.55.